The molecule has 6 nitrogen and oxygen atoms in total. The maximum absolute atomic E-state index is 12.8. The van der Waals surface area contributed by atoms with E-state index >= 15 is 0 Å². The lowest BCUT2D eigenvalue weighted by molar-refractivity contribution is -0.0668. The fourth-order valence-corrected chi connectivity index (χ4v) is 5.57. The fraction of sp³-hybridized carbons (Fsp3) is 0.682. The number of benzene rings is 1. The molecule has 30 heavy (non-hydrogen) atoms. The number of guanidine groups is 1. The van der Waals surface area contributed by atoms with Gasteiger partial charge >= 0.3 is 0 Å². The minimum absolute atomic E-state index is 0. The molecule has 2 aliphatic rings. The molecule has 2 heterocycles. The highest BCUT2D eigenvalue weighted by molar-refractivity contribution is 14.0. The van der Waals surface area contributed by atoms with Crippen molar-refractivity contribution >= 4 is 40.0 Å². The number of hydrogen-bond acceptors (Lipinski definition) is 3. The summed E-state index contributed by atoms with van der Waals surface area (Å²) in [4.78, 5) is 7.68. The minimum Gasteiger partial charge on any atom is -0.356 e. The Kier molecular flexibility index (Phi) is 8.23. The lowest BCUT2D eigenvalue weighted by Gasteiger charge is -2.62. The molecule has 0 radical (unpaired) electrons. The van der Waals surface area contributed by atoms with E-state index < -0.39 is 10.0 Å². The van der Waals surface area contributed by atoms with Gasteiger partial charge in [0.2, 0.25) is 10.0 Å². The van der Waals surface area contributed by atoms with Gasteiger partial charge in [-0.15, -0.1) is 24.0 Å². The molecule has 2 aliphatic heterocycles. The van der Waals surface area contributed by atoms with E-state index in [-0.39, 0.29) is 34.9 Å². The van der Waals surface area contributed by atoms with Crippen LogP contribution in [0.1, 0.15) is 47.5 Å². The zero-order chi connectivity index (χ0) is 21.3. The van der Waals surface area contributed by atoms with Crippen LogP contribution < -0.4 is 5.32 Å². The molecule has 0 bridgehead atoms. The summed E-state index contributed by atoms with van der Waals surface area (Å²) in [6.07, 6.45) is 1.70. The van der Waals surface area contributed by atoms with Crippen LogP contribution in [0.3, 0.4) is 0 Å². The first kappa shape index (κ1) is 25.4. The quantitative estimate of drug-likeness (QED) is 0.346. The number of rotatable bonds is 5. The van der Waals surface area contributed by atoms with E-state index in [1.54, 1.807) is 28.6 Å². The number of halogens is 1. The molecular weight excluding hydrogens is 511 g/mol. The standard InChI is InChI=1S/C22H36N4O2S.HI/c1-6-23-20(26-17-21(2,3)22(26,4)5)24-16-18-12-14-25(15-13-18)29(27,28)19-10-8-7-9-11-19;/h7-11,18H,6,12-17H2,1-5H3,(H,23,24);1H. The number of hydrogen-bond donors (Lipinski definition) is 1. The summed E-state index contributed by atoms with van der Waals surface area (Å²) in [5, 5.41) is 3.44. The molecule has 1 aromatic carbocycles. The zero-order valence-corrected chi connectivity index (χ0v) is 22.0. The van der Waals surface area contributed by atoms with Crippen LogP contribution in [-0.2, 0) is 10.0 Å². The molecule has 0 aromatic heterocycles. The first-order valence-corrected chi connectivity index (χ1v) is 12.1. The van der Waals surface area contributed by atoms with Crippen LogP contribution in [0.5, 0.6) is 0 Å². The van der Waals surface area contributed by atoms with Gasteiger partial charge in [0.15, 0.2) is 5.96 Å². The van der Waals surface area contributed by atoms with Crippen molar-refractivity contribution in [1.82, 2.24) is 14.5 Å². The molecule has 2 fully saturated rings. The Balaban J connectivity index is 0.00000320. The highest BCUT2D eigenvalue weighted by atomic mass is 127. The molecule has 170 valence electrons. The van der Waals surface area contributed by atoms with Gasteiger partial charge in [-0.1, -0.05) is 32.0 Å². The van der Waals surface area contributed by atoms with E-state index in [0.717, 1.165) is 38.4 Å². The van der Waals surface area contributed by atoms with E-state index in [0.29, 0.717) is 23.9 Å². The number of nitrogens with one attached hydrogen (secondary N) is 1. The number of aliphatic imine (C=N–C) groups is 1. The average Bonchev–Trinajstić information content (AvgIpc) is 2.70. The third-order valence-corrected chi connectivity index (χ3v) is 8.84. The van der Waals surface area contributed by atoms with E-state index in [4.69, 9.17) is 4.99 Å². The van der Waals surface area contributed by atoms with E-state index in [2.05, 4.69) is 44.8 Å². The largest absolute Gasteiger partial charge is 0.356 e. The topological polar surface area (TPSA) is 65.0 Å². The van der Waals surface area contributed by atoms with Crippen LogP contribution in [0.25, 0.3) is 0 Å². The average molecular weight is 549 g/mol. The molecular formula is C22H37IN4O2S. The molecule has 3 rings (SSSR count). The Morgan fingerprint density at radius 2 is 1.73 bits per heavy atom. The molecule has 8 heteroatoms. The predicted molar refractivity (Wildman–Crippen MR) is 134 cm³/mol. The summed E-state index contributed by atoms with van der Waals surface area (Å²) in [5.74, 6) is 1.40. The maximum atomic E-state index is 12.8. The van der Waals surface area contributed by atoms with Crippen molar-refractivity contribution in [3.63, 3.8) is 0 Å². The van der Waals surface area contributed by atoms with Gasteiger partial charge in [-0.25, -0.2) is 8.42 Å². The molecule has 0 saturated carbocycles. The van der Waals surface area contributed by atoms with Gasteiger partial charge in [0.05, 0.1) is 4.90 Å². The van der Waals surface area contributed by atoms with Crippen LogP contribution in [-0.4, -0.2) is 61.8 Å². The Hall–Kier alpha value is -0.870. The van der Waals surface area contributed by atoms with Gasteiger partial charge < -0.3 is 10.2 Å². The first-order valence-electron chi connectivity index (χ1n) is 10.7. The molecule has 0 aliphatic carbocycles. The molecule has 0 spiro atoms. The van der Waals surface area contributed by atoms with Crippen molar-refractivity contribution in [2.75, 3.05) is 32.7 Å². The van der Waals surface area contributed by atoms with Gasteiger partial charge in [-0.3, -0.25) is 4.99 Å². The van der Waals surface area contributed by atoms with Crippen molar-refractivity contribution in [3.05, 3.63) is 30.3 Å². The molecule has 1 aromatic rings. The van der Waals surface area contributed by atoms with E-state index in [9.17, 15) is 8.42 Å². The number of likely N-dealkylation sites (tertiary alicyclic amines) is 1. The second-order valence-corrected chi connectivity index (χ2v) is 11.3. The summed E-state index contributed by atoms with van der Waals surface area (Å²) in [6.45, 7) is 15.0. The zero-order valence-electron chi connectivity index (χ0n) is 18.9. The van der Waals surface area contributed by atoms with Crippen molar-refractivity contribution in [2.24, 2.45) is 16.3 Å². The van der Waals surface area contributed by atoms with Gasteiger partial charge in [-0.2, -0.15) is 4.31 Å². The van der Waals surface area contributed by atoms with Crippen LogP contribution in [0.15, 0.2) is 40.2 Å². The Bertz CT molecular complexity index is 832. The van der Waals surface area contributed by atoms with Crippen LogP contribution in [0, 0.1) is 11.3 Å². The smallest absolute Gasteiger partial charge is 0.243 e. The summed E-state index contributed by atoms with van der Waals surface area (Å²) in [6, 6.07) is 8.73. The lowest BCUT2D eigenvalue weighted by atomic mass is 9.65. The van der Waals surface area contributed by atoms with Crippen LogP contribution >= 0.6 is 24.0 Å². The summed E-state index contributed by atoms with van der Waals surface area (Å²) < 4.78 is 27.2. The van der Waals surface area contributed by atoms with Crippen LogP contribution in [0.2, 0.25) is 0 Å². The summed E-state index contributed by atoms with van der Waals surface area (Å²) in [7, 11) is -3.39. The third-order valence-electron chi connectivity index (χ3n) is 6.93. The van der Waals surface area contributed by atoms with Gasteiger partial charge in [0.25, 0.3) is 0 Å². The monoisotopic (exact) mass is 548 g/mol. The summed E-state index contributed by atoms with van der Waals surface area (Å²) >= 11 is 0. The Morgan fingerprint density at radius 3 is 2.23 bits per heavy atom. The highest BCUT2D eigenvalue weighted by Gasteiger charge is 2.53. The van der Waals surface area contributed by atoms with Crippen molar-refractivity contribution in [3.8, 4) is 0 Å². The predicted octanol–water partition coefficient (Wildman–Crippen LogP) is 3.79. The SMILES string of the molecule is CCNC(=NCC1CCN(S(=O)(=O)c2ccccc2)CC1)N1CC(C)(C)C1(C)C.I. The fourth-order valence-electron chi connectivity index (χ4n) is 4.08. The van der Waals surface area contributed by atoms with Crippen LogP contribution in [0.4, 0.5) is 0 Å². The number of piperidine rings is 1. The van der Waals surface area contributed by atoms with Crippen molar-refractivity contribution in [1.29, 1.82) is 0 Å². The number of sulfonamides is 1. The normalized spacial score (nSPS) is 22.2. The molecule has 1 N–H and O–H groups in total. The van der Waals surface area contributed by atoms with Crippen molar-refractivity contribution < 1.29 is 8.42 Å². The van der Waals surface area contributed by atoms with E-state index in [1.807, 2.05) is 6.07 Å². The first-order chi connectivity index (χ1) is 13.6. The Morgan fingerprint density at radius 1 is 1.13 bits per heavy atom. The van der Waals surface area contributed by atoms with Gasteiger partial charge in [0.1, 0.15) is 0 Å². The number of nitrogens with zero attached hydrogens (tertiary/aromatic N) is 3. The second-order valence-electron chi connectivity index (χ2n) is 9.38. The minimum atomic E-state index is -3.39. The highest BCUT2D eigenvalue weighted by Crippen LogP contribution is 2.46. The maximum Gasteiger partial charge on any atom is 0.243 e. The van der Waals surface area contributed by atoms with Crippen molar-refractivity contribution in [2.45, 2.75) is 57.9 Å². The van der Waals surface area contributed by atoms with Gasteiger partial charge in [-0.05, 0) is 51.7 Å². The second kappa shape index (κ2) is 9.73. The molecule has 0 unspecified atom stereocenters. The van der Waals surface area contributed by atoms with E-state index in [1.165, 1.54) is 0 Å². The Labute approximate surface area is 199 Å². The molecule has 0 amide bonds. The molecule has 2 saturated heterocycles. The summed E-state index contributed by atoms with van der Waals surface area (Å²) in [5.41, 5.74) is 0.335. The third kappa shape index (κ3) is 4.96. The lowest BCUT2D eigenvalue weighted by Crippen LogP contribution is -2.72. The molecule has 0 atom stereocenters. The van der Waals surface area contributed by atoms with Gasteiger partial charge in [0, 0.05) is 43.7 Å².